The first-order chi connectivity index (χ1) is 12.6. The fraction of sp³-hybridized carbons (Fsp3) is 0.136. The summed E-state index contributed by atoms with van der Waals surface area (Å²) in [4.78, 5) is 11.2. The van der Waals surface area contributed by atoms with Crippen molar-refractivity contribution in [3.8, 4) is 16.9 Å². The Balaban J connectivity index is 1.94. The lowest BCUT2D eigenvalue weighted by molar-refractivity contribution is 0.0697. The zero-order valence-electron chi connectivity index (χ0n) is 14.4. The molecule has 3 nitrogen and oxygen atoms in total. The minimum Gasteiger partial charge on any atom is -0.508 e. The highest BCUT2D eigenvalue weighted by molar-refractivity contribution is 7.99. The van der Waals surface area contributed by atoms with E-state index < -0.39 is 5.97 Å². The standard InChI is InChI=1S/C22H20O3S/c1-2-26-21(19-8-3-4-9-20(19)23)16-12-10-15(11-13-16)17-6-5-7-18(14-17)22(24)25/h3-14,21,23H,2H2,1H3,(H,24,25). The lowest BCUT2D eigenvalue weighted by Crippen LogP contribution is -1.98. The Kier molecular flexibility index (Phi) is 5.64. The van der Waals surface area contributed by atoms with Crippen molar-refractivity contribution < 1.29 is 15.0 Å². The van der Waals surface area contributed by atoms with Gasteiger partial charge in [0, 0.05) is 5.56 Å². The quantitative estimate of drug-likeness (QED) is 0.598. The molecule has 0 heterocycles. The Morgan fingerprint density at radius 2 is 1.69 bits per heavy atom. The summed E-state index contributed by atoms with van der Waals surface area (Å²) in [6.07, 6.45) is 0. The molecule has 3 aromatic carbocycles. The number of thioether (sulfide) groups is 1. The average Bonchev–Trinajstić information content (AvgIpc) is 2.67. The zero-order chi connectivity index (χ0) is 18.5. The summed E-state index contributed by atoms with van der Waals surface area (Å²) in [5, 5.41) is 19.4. The molecule has 0 aromatic heterocycles. The summed E-state index contributed by atoms with van der Waals surface area (Å²) in [7, 11) is 0. The molecule has 0 amide bonds. The third-order valence-corrected chi connectivity index (χ3v) is 5.40. The Hall–Kier alpha value is -2.72. The topological polar surface area (TPSA) is 57.5 Å². The Morgan fingerprint density at radius 3 is 2.35 bits per heavy atom. The molecule has 4 heteroatoms. The van der Waals surface area contributed by atoms with Crippen molar-refractivity contribution in [1.82, 2.24) is 0 Å². The van der Waals surface area contributed by atoms with Gasteiger partial charge >= 0.3 is 5.97 Å². The number of para-hydroxylation sites is 1. The van der Waals surface area contributed by atoms with E-state index in [1.807, 2.05) is 48.5 Å². The number of benzene rings is 3. The molecule has 0 saturated carbocycles. The van der Waals surface area contributed by atoms with Crippen LogP contribution >= 0.6 is 11.8 Å². The van der Waals surface area contributed by atoms with Gasteiger partial charge < -0.3 is 10.2 Å². The lowest BCUT2D eigenvalue weighted by atomic mass is 9.98. The van der Waals surface area contributed by atoms with Gasteiger partial charge in [0.1, 0.15) is 5.75 Å². The first-order valence-electron chi connectivity index (χ1n) is 8.43. The van der Waals surface area contributed by atoms with Crippen LogP contribution in [0.3, 0.4) is 0 Å². The summed E-state index contributed by atoms with van der Waals surface area (Å²) in [5.74, 6) is 0.306. The van der Waals surface area contributed by atoms with E-state index in [4.69, 9.17) is 5.11 Å². The number of carboxylic acids is 1. The molecule has 1 atom stereocenters. The number of aromatic hydroxyl groups is 1. The van der Waals surface area contributed by atoms with Gasteiger partial charge in [-0.3, -0.25) is 0 Å². The van der Waals surface area contributed by atoms with Crippen molar-refractivity contribution in [2.24, 2.45) is 0 Å². The molecular formula is C22H20O3S. The number of phenols is 1. The Labute approximate surface area is 157 Å². The largest absolute Gasteiger partial charge is 0.508 e. The number of carboxylic acid groups (broad SMARTS) is 1. The fourth-order valence-corrected chi connectivity index (χ4v) is 3.99. The summed E-state index contributed by atoms with van der Waals surface area (Å²) in [6, 6.07) is 22.4. The second-order valence-electron chi connectivity index (χ2n) is 5.90. The van der Waals surface area contributed by atoms with Gasteiger partial charge in [0.05, 0.1) is 10.8 Å². The highest BCUT2D eigenvalue weighted by atomic mass is 32.2. The smallest absolute Gasteiger partial charge is 0.335 e. The molecule has 132 valence electrons. The van der Waals surface area contributed by atoms with Gasteiger partial charge in [0.2, 0.25) is 0 Å². The molecule has 26 heavy (non-hydrogen) atoms. The van der Waals surface area contributed by atoms with Gasteiger partial charge in [-0.25, -0.2) is 4.79 Å². The molecule has 3 rings (SSSR count). The molecule has 0 spiro atoms. The fourth-order valence-electron chi connectivity index (χ4n) is 2.92. The van der Waals surface area contributed by atoms with Crippen LogP contribution in [0.1, 0.15) is 33.7 Å². The summed E-state index contributed by atoms with van der Waals surface area (Å²) >= 11 is 1.77. The maximum atomic E-state index is 11.2. The molecule has 2 N–H and O–H groups in total. The molecule has 0 aliphatic rings. The third kappa shape index (κ3) is 3.92. The van der Waals surface area contributed by atoms with Crippen LogP contribution in [0.5, 0.6) is 5.75 Å². The van der Waals surface area contributed by atoms with E-state index in [2.05, 4.69) is 6.92 Å². The van der Waals surface area contributed by atoms with E-state index in [0.29, 0.717) is 5.75 Å². The van der Waals surface area contributed by atoms with Gasteiger partial charge in [0.25, 0.3) is 0 Å². The second kappa shape index (κ2) is 8.11. The van der Waals surface area contributed by atoms with E-state index in [0.717, 1.165) is 28.0 Å². The van der Waals surface area contributed by atoms with Gasteiger partial charge in [-0.1, -0.05) is 61.5 Å². The Morgan fingerprint density at radius 1 is 0.962 bits per heavy atom. The van der Waals surface area contributed by atoms with Crippen molar-refractivity contribution in [3.63, 3.8) is 0 Å². The SMILES string of the molecule is CCSC(c1ccc(-c2cccc(C(=O)O)c2)cc1)c1ccccc1O. The van der Waals surface area contributed by atoms with E-state index >= 15 is 0 Å². The van der Waals surface area contributed by atoms with Gasteiger partial charge in [-0.15, -0.1) is 11.8 Å². The number of carbonyl (C=O) groups is 1. The van der Waals surface area contributed by atoms with E-state index in [1.54, 1.807) is 36.0 Å². The van der Waals surface area contributed by atoms with Crippen LogP contribution < -0.4 is 0 Å². The molecule has 0 bridgehead atoms. The number of aromatic carboxylic acids is 1. The number of hydrogen-bond donors (Lipinski definition) is 2. The number of rotatable bonds is 6. The van der Waals surface area contributed by atoms with E-state index in [9.17, 15) is 9.90 Å². The van der Waals surface area contributed by atoms with Crippen molar-refractivity contribution in [2.75, 3.05) is 5.75 Å². The predicted molar refractivity (Wildman–Crippen MR) is 107 cm³/mol. The maximum Gasteiger partial charge on any atom is 0.335 e. The summed E-state index contributed by atoms with van der Waals surface area (Å²) in [6.45, 7) is 2.10. The molecule has 0 aliphatic heterocycles. The molecule has 0 aliphatic carbocycles. The van der Waals surface area contributed by atoms with Crippen LogP contribution in [0.25, 0.3) is 11.1 Å². The van der Waals surface area contributed by atoms with E-state index in [1.165, 1.54) is 0 Å². The third-order valence-electron chi connectivity index (χ3n) is 4.21. The minimum absolute atomic E-state index is 0.0561. The van der Waals surface area contributed by atoms with Crippen molar-refractivity contribution >= 4 is 17.7 Å². The molecule has 0 fully saturated rings. The van der Waals surface area contributed by atoms with Crippen molar-refractivity contribution in [1.29, 1.82) is 0 Å². The van der Waals surface area contributed by atoms with Crippen LogP contribution in [0, 0.1) is 0 Å². The van der Waals surface area contributed by atoms with Crippen LogP contribution in [0.15, 0.2) is 72.8 Å². The normalized spacial score (nSPS) is 11.9. The van der Waals surface area contributed by atoms with Crippen molar-refractivity contribution in [3.05, 3.63) is 89.5 Å². The van der Waals surface area contributed by atoms with Gasteiger partial charge in [-0.2, -0.15) is 0 Å². The highest BCUT2D eigenvalue weighted by Gasteiger charge is 2.17. The van der Waals surface area contributed by atoms with Crippen LogP contribution in [-0.2, 0) is 0 Å². The molecule has 0 radical (unpaired) electrons. The zero-order valence-corrected chi connectivity index (χ0v) is 15.2. The van der Waals surface area contributed by atoms with Gasteiger partial charge in [0.15, 0.2) is 0 Å². The molecular weight excluding hydrogens is 344 g/mol. The number of phenolic OH excluding ortho intramolecular Hbond substituents is 1. The summed E-state index contributed by atoms with van der Waals surface area (Å²) in [5.41, 5.74) is 4.13. The minimum atomic E-state index is -0.928. The Bertz CT molecular complexity index is 903. The molecule has 3 aromatic rings. The lowest BCUT2D eigenvalue weighted by Gasteiger charge is -2.18. The van der Waals surface area contributed by atoms with Crippen molar-refractivity contribution in [2.45, 2.75) is 12.2 Å². The van der Waals surface area contributed by atoms with Crippen LogP contribution in [0.4, 0.5) is 0 Å². The first-order valence-corrected chi connectivity index (χ1v) is 9.48. The first kappa shape index (κ1) is 18.1. The molecule has 0 saturated heterocycles. The van der Waals surface area contributed by atoms with Gasteiger partial charge in [-0.05, 0) is 40.6 Å². The maximum absolute atomic E-state index is 11.2. The highest BCUT2D eigenvalue weighted by Crippen LogP contribution is 2.40. The summed E-state index contributed by atoms with van der Waals surface area (Å²) < 4.78 is 0. The van der Waals surface area contributed by atoms with Crippen LogP contribution in [0.2, 0.25) is 0 Å². The number of hydrogen-bond acceptors (Lipinski definition) is 3. The van der Waals surface area contributed by atoms with Crippen LogP contribution in [-0.4, -0.2) is 21.9 Å². The monoisotopic (exact) mass is 364 g/mol. The van der Waals surface area contributed by atoms with E-state index in [-0.39, 0.29) is 10.8 Å². The predicted octanol–water partition coefficient (Wildman–Crippen LogP) is 5.60. The average molecular weight is 364 g/mol. The second-order valence-corrected chi connectivity index (χ2v) is 7.28. The molecule has 1 unspecified atom stereocenters.